The third-order valence-corrected chi connectivity index (χ3v) is 3.87. The normalized spacial score (nSPS) is 12.7. The van der Waals surface area contributed by atoms with E-state index in [0.717, 1.165) is 16.5 Å². The summed E-state index contributed by atoms with van der Waals surface area (Å²) in [5.74, 6) is 0.840. The topological polar surface area (TPSA) is 69.4 Å². The largest absolute Gasteiger partial charge is 0.237 e. The minimum absolute atomic E-state index is 0.0314. The number of rotatable bonds is 2. The van der Waals surface area contributed by atoms with Crippen LogP contribution in [-0.4, -0.2) is 30.2 Å². The Bertz CT molecular complexity index is 603. The molecule has 0 amide bonds. The van der Waals surface area contributed by atoms with Crippen molar-refractivity contribution >= 4 is 11.8 Å². The Hall–Kier alpha value is -1.50. The molecule has 0 aromatic carbocycles. The van der Waals surface area contributed by atoms with Crippen LogP contribution in [0.1, 0.15) is 53.1 Å². The zero-order valence-electron chi connectivity index (χ0n) is 13.7. The lowest BCUT2D eigenvalue weighted by Gasteiger charge is -2.23. The van der Waals surface area contributed by atoms with E-state index in [0.29, 0.717) is 5.16 Å². The van der Waals surface area contributed by atoms with Crippen molar-refractivity contribution < 1.29 is 0 Å². The molecule has 0 atom stereocenters. The third-order valence-electron chi connectivity index (χ3n) is 2.92. The quantitative estimate of drug-likeness (QED) is 0.795. The first-order valence-electron chi connectivity index (χ1n) is 6.87. The molecule has 2 rings (SSSR count). The minimum Gasteiger partial charge on any atom is -0.237 e. The van der Waals surface area contributed by atoms with Gasteiger partial charge in [0.15, 0.2) is 0 Å². The van der Waals surface area contributed by atoms with Gasteiger partial charge in [0.25, 0.3) is 0 Å². The monoisotopic (exact) mass is 306 g/mol. The van der Waals surface area contributed by atoms with Gasteiger partial charge in [0, 0.05) is 17.9 Å². The summed E-state index contributed by atoms with van der Waals surface area (Å²) in [5.41, 5.74) is 0.894. The molecule has 2 heterocycles. The second-order valence-corrected chi connectivity index (χ2v) is 8.09. The maximum Gasteiger partial charge on any atom is 0.215 e. The zero-order valence-corrected chi connectivity index (χ0v) is 14.5. The predicted molar refractivity (Wildman–Crippen MR) is 82.4 cm³/mol. The van der Waals surface area contributed by atoms with Crippen molar-refractivity contribution in [2.75, 3.05) is 0 Å². The average molecular weight is 306 g/mol. The summed E-state index contributed by atoms with van der Waals surface area (Å²) < 4.78 is 1.64. The van der Waals surface area contributed by atoms with E-state index in [1.807, 2.05) is 13.1 Å². The van der Waals surface area contributed by atoms with Gasteiger partial charge >= 0.3 is 0 Å². The zero-order chi connectivity index (χ0) is 15.8. The summed E-state index contributed by atoms with van der Waals surface area (Å²) in [4.78, 5) is 9.42. The lowest BCUT2D eigenvalue weighted by Crippen LogP contribution is -2.22. The molecular formula is C14H22N6S. The molecule has 2 aromatic heterocycles. The lowest BCUT2D eigenvalue weighted by molar-refractivity contribution is 0.505. The molecule has 0 saturated heterocycles. The fourth-order valence-electron chi connectivity index (χ4n) is 1.60. The number of aromatic nitrogens is 6. The predicted octanol–water partition coefficient (Wildman–Crippen LogP) is 2.75. The standard InChI is InChI=1S/C14H22N6S/c1-13(2,3)9-8-10(16-11(15-9)14(4,5)6)21-12-17-18-19-20(12)7/h8H,1-7H3. The van der Waals surface area contributed by atoms with Crippen LogP contribution in [0.5, 0.6) is 0 Å². The van der Waals surface area contributed by atoms with Gasteiger partial charge in [-0.2, -0.15) is 0 Å². The summed E-state index contributed by atoms with van der Waals surface area (Å²) in [6.45, 7) is 12.8. The Morgan fingerprint density at radius 3 is 2.14 bits per heavy atom. The van der Waals surface area contributed by atoms with Crippen LogP contribution in [0.2, 0.25) is 0 Å². The summed E-state index contributed by atoms with van der Waals surface area (Å²) in [5, 5.41) is 13.1. The van der Waals surface area contributed by atoms with Gasteiger partial charge in [-0.05, 0) is 28.3 Å². The summed E-state index contributed by atoms with van der Waals surface area (Å²) in [6, 6.07) is 2.02. The molecule has 21 heavy (non-hydrogen) atoms. The summed E-state index contributed by atoms with van der Waals surface area (Å²) in [7, 11) is 1.82. The Balaban J connectivity index is 2.48. The van der Waals surface area contributed by atoms with Gasteiger partial charge < -0.3 is 0 Å². The Labute approximate surface area is 129 Å². The number of aryl methyl sites for hydroxylation is 1. The first kappa shape index (κ1) is 15.9. The van der Waals surface area contributed by atoms with Gasteiger partial charge in [-0.15, -0.1) is 5.10 Å². The van der Waals surface area contributed by atoms with E-state index in [1.165, 1.54) is 11.8 Å². The van der Waals surface area contributed by atoms with E-state index in [1.54, 1.807) is 4.68 Å². The molecule has 7 heteroatoms. The first-order valence-corrected chi connectivity index (χ1v) is 7.69. The molecule has 114 valence electrons. The fourth-order valence-corrected chi connectivity index (χ4v) is 2.33. The van der Waals surface area contributed by atoms with Crippen molar-refractivity contribution in [2.45, 2.75) is 62.6 Å². The molecule has 0 aliphatic rings. The lowest BCUT2D eigenvalue weighted by atomic mass is 9.90. The highest BCUT2D eigenvalue weighted by Gasteiger charge is 2.24. The smallest absolute Gasteiger partial charge is 0.215 e. The second-order valence-electron chi connectivity index (χ2n) is 7.10. The molecule has 0 spiro atoms. The van der Waals surface area contributed by atoms with Crippen LogP contribution >= 0.6 is 11.8 Å². The van der Waals surface area contributed by atoms with E-state index < -0.39 is 0 Å². The van der Waals surface area contributed by atoms with Gasteiger partial charge in [0.05, 0.1) is 5.69 Å². The van der Waals surface area contributed by atoms with Crippen LogP contribution in [-0.2, 0) is 17.9 Å². The van der Waals surface area contributed by atoms with E-state index >= 15 is 0 Å². The van der Waals surface area contributed by atoms with E-state index in [9.17, 15) is 0 Å². The summed E-state index contributed by atoms with van der Waals surface area (Å²) >= 11 is 1.46. The van der Waals surface area contributed by atoms with Gasteiger partial charge in [-0.1, -0.05) is 41.5 Å². The maximum absolute atomic E-state index is 4.74. The molecule has 0 saturated carbocycles. The van der Waals surface area contributed by atoms with Crippen LogP contribution in [0.4, 0.5) is 0 Å². The van der Waals surface area contributed by atoms with Crippen LogP contribution < -0.4 is 0 Å². The second kappa shape index (κ2) is 5.36. The highest BCUT2D eigenvalue weighted by molar-refractivity contribution is 7.99. The summed E-state index contributed by atoms with van der Waals surface area (Å²) in [6.07, 6.45) is 0. The van der Waals surface area contributed by atoms with Crippen molar-refractivity contribution in [1.82, 2.24) is 30.2 Å². The highest BCUT2D eigenvalue weighted by Crippen LogP contribution is 2.30. The molecule has 0 radical (unpaired) electrons. The molecule has 0 bridgehead atoms. The van der Waals surface area contributed by atoms with Gasteiger partial charge in [-0.3, -0.25) is 0 Å². The van der Waals surface area contributed by atoms with Crippen molar-refractivity contribution in [3.05, 3.63) is 17.6 Å². The first-order chi connectivity index (χ1) is 9.57. The molecule has 0 aliphatic heterocycles. The Morgan fingerprint density at radius 1 is 1.00 bits per heavy atom. The maximum atomic E-state index is 4.74. The van der Waals surface area contributed by atoms with E-state index in [-0.39, 0.29) is 10.8 Å². The minimum atomic E-state index is -0.102. The van der Waals surface area contributed by atoms with Crippen molar-refractivity contribution in [2.24, 2.45) is 7.05 Å². The molecule has 2 aromatic rings. The molecule has 0 fully saturated rings. The van der Waals surface area contributed by atoms with E-state index in [2.05, 4.69) is 62.1 Å². The Morgan fingerprint density at radius 2 is 1.67 bits per heavy atom. The molecule has 6 nitrogen and oxygen atoms in total. The van der Waals surface area contributed by atoms with Crippen LogP contribution in [0.15, 0.2) is 16.2 Å². The SMILES string of the molecule is Cn1nnnc1Sc1cc(C(C)(C)C)nc(C(C)(C)C)n1. The number of hydrogen-bond acceptors (Lipinski definition) is 6. The molecule has 0 unspecified atom stereocenters. The molecular weight excluding hydrogens is 284 g/mol. The van der Waals surface area contributed by atoms with Crippen LogP contribution in [0.25, 0.3) is 0 Å². The van der Waals surface area contributed by atoms with Crippen molar-refractivity contribution in [1.29, 1.82) is 0 Å². The fraction of sp³-hybridized carbons (Fsp3) is 0.643. The molecule has 0 aliphatic carbocycles. The van der Waals surface area contributed by atoms with Crippen LogP contribution in [0, 0.1) is 0 Å². The van der Waals surface area contributed by atoms with Crippen LogP contribution in [0.3, 0.4) is 0 Å². The van der Waals surface area contributed by atoms with E-state index in [4.69, 9.17) is 4.98 Å². The van der Waals surface area contributed by atoms with Gasteiger partial charge in [-0.25, -0.2) is 14.6 Å². The molecule has 0 N–H and O–H groups in total. The number of hydrogen-bond donors (Lipinski definition) is 0. The van der Waals surface area contributed by atoms with Gasteiger partial charge in [0.1, 0.15) is 10.9 Å². The van der Waals surface area contributed by atoms with Gasteiger partial charge in [0.2, 0.25) is 5.16 Å². The Kier molecular flexibility index (Phi) is 4.06. The third kappa shape index (κ3) is 3.78. The van der Waals surface area contributed by atoms with Crippen molar-refractivity contribution in [3.8, 4) is 0 Å². The number of tetrazole rings is 1. The average Bonchev–Trinajstić information content (AvgIpc) is 2.72. The number of nitrogens with zero attached hydrogens (tertiary/aromatic N) is 6. The highest BCUT2D eigenvalue weighted by atomic mass is 32.2. The van der Waals surface area contributed by atoms with Crippen molar-refractivity contribution in [3.63, 3.8) is 0 Å².